The van der Waals surface area contributed by atoms with Crippen molar-refractivity contribution in [2.75, 3.05) is 33.4 Å². The summed E-state index contributed by atoms with van der Waals surface area (Å²) in [7, 11) is 1.75. The molecule has 0 saturated carbocycles. The maximum Gasteiger partial charge on any atom is 0.0724 e. The lowest BCUT2D eigenvalue weighted by Gasteiger charge is -2.36. The monoisotopic (exact) mass is 201 g/mol. The van der Waals surface area contributed by atoms with E-state index in [1.807, 2.05) is 0 Å². The van der Waals surface area contributed by atoms with Crippen LogP contribution in [0.15, 0.2) is 0 Å². The van der Waals surface area contributed by atoms with Crippen molar-refractivity contribution in [2.24, 2.45) is 0 Å². The molecular formula is C11H23NO2. The van der Waals surface area contributed by atoms with E-state index in [0.717, 1.165) is 32.7 Å². The van der Waals surface area contributed by atoms with Crippen molar-refractivity contribution in [3.05, 3.63) is 0 Å². The summed E-state index contributed by atoms with van der Waals surface area (Å²) in [4.78, 5) is 2.52. The van der Waals surface area contributed by atoms with Gasteiger partial charge in [0, 0.05) is 32.8 Å². The number of hydrogen-bond acceptors (Lipinski definition) is 3. The number of hydrogen-bond donors (Lipinski definition) is 0. The van der Waals surface area contributed by atoms with Crippen LogP contribution >= 0.6 is 0 Å². The minimum absolute atomic E-state index is 0.373. The number of rotatable bonds is 5. The molecule has 0 aromatic heterocycles. The van der Waals surface area contributed by atoms with Gasteiger partial charge in [0.2, 0.25) is 0 Å². The molecule has 3 nitrogen and oxygen atoms in total. The van der Waals surface area contributed by atoms with Crippen LogP contribution in [0.3, 0.4) is 0 Å². The second-order valence-electron chi connectivity index (χ2n) is 4.03. The van der Waals surface area contributed by atoms with Gasteiger partial charge in [-0.25, -0.2) is 0 Å². The zero-order valence-corrected chi connectivity index (χ0v) is 9.66. The Hall–Kier alpha value is -0.120. The van der Waals surface area contributed by atoms with Gasteiger partial charge < -0.3 is 9.47 Å². The van der Waals surface area contributed by atoms with Gasteiger partial charge >= 0.3 is 0 Å². The Bertz CT molecular complexity index is 152. The average molecular weight is 201 g/mol. The Kier molecular flexibility index (Phi) is 5.45. The molecule has 0 aliphatic carbocycles. The second kappa shape index (κ2) is 6.38. The number of morpholine rings is 1. The molecule has 0 N–H and O–H groups in total. The quantitative estimate of drug-likeness (QED) is 0.673. The molecule has 1 fully saturated rings. The number of methoxy groups -OCH3 is 1. The average Bonchev–Trinajstić information content (AvgIpc) is 2.25. The molecule has 1 rings (SSSR count). The van der Waals surface area contributed by atoms with E-state index in [4.69, 9.17) is 9.47 Å². The van der Waals surface area contributed by atoms with Gasteiger partial charge in [0.15, 0.2) is 0 Å². The molecule has 0 aromatic carbocycles. The van der Waals surface area contributed by atoms with Gasteiger partial charge in [0.1, 0.15) is 0 Å². The van der Waals surface area contributed by atoms with Gasteiger partial charge in [-0.15, -0.1) is 0 Å². The Morgan fingerprint density at radius 1 is 1.57 bits per heavy atom. The first kappa shape index (κ1) is 12.0. The molecule has 3 heteroatoms. The van der Waals surface area contributed by atoms with Crippen LogP contribution in [0.5, 0.6) is 0 Å². The Labute approximate surface area is 87.4 Å². The van der Waals surface area contributed by atoms with E-state index in [9.17, 15) is 0 Å². The highest BCUT2D eigenvalue weighted by molar-refractivity contribution is 4.75. The molecule has 1 aliphatic rings. The van der Waals surface area contributed by atoms with Crippen molar-refractivity contribution in [2.45, 2.75) is 38.8 Å². The highest BCUT2D eigenvalue weighted by atomic mass is 16.5. The highest BCUT2D eigenvalue weighted by Gasteiger charge is 2.22. The SMILES string of the molecule is CCC(C)N1CCOC(CCOC)C1. The predicted molar refractivity (Wildman–Crippen MR) is 57.6 cm³/mol. The molecule has 2 atom stereocenters. The van der Waals surface area contributed by atoms with E-state index in [-0.39, 0.29) is 0 Å². The zero-order chi connectivity index (χ0) is 10.4. The Morgan fingerprint density at radius 2 is 2.36 bits per heavy atom. The molecule has 0 radical (unpaired) electrons. The van der Waals surface area contributed by atoms with E-state index < -0.39 is 0 Å². The van der Waals surface area contributed by atoms with Crippen LogP contribution in [0.25, 0.3) is 0 Å². The van der Waals surface area contributed by atoms with Gasteiger partial charge in [0.05, 0.1) is 12.7 Å². The van der Waals surface area contributed by atoms with Crippen LogP contribution in [0, 0.1) is 0 Å². The van der Waals surface area contributed by atoms with Crippen LogP contribution in [-0.4, -0.2) is 50.5 Å². The fraction of sp³-hybridized carbons (Fsp3) is 1.00. The number of ether oxygens (including phenoxy) is 2. The summed E-state index contributed by atoms with van der Waals surface area (Å²) in [5.41, 5.74) is 0. The summed E-state index contributed by atoms with van der Waals surface area (Å²) in [6.07, 6.45) is 2.61. The van der Waals surface area contributed by atoms with E-state index in [1.54, 1.807) is 7.11 Å². The van der Waals surface area contributed by atoms with E-state index in [0.29, 0.717) is 12.1 Å². The first-order chi connectivity index (χ1) is 6.77. The largest absolute Gasteiger partial charge is 0.385 e. The van der Waals surface area contributed by atoms with Gasteiger partial charge in [-0.3, -0.25) is 4.90 Å². The summed E-state index contributed by atoms with van der Waals surface area (Å²) < 4.78 is 10.8. The smallest absolute Gasteiger partial charge is 0.0724 e. The summed E-state index contributed by atoms with van der Waals surface area (Å²) in [5, 5.41) is 0. The summed E-state index contributed by atoms with van der Waals surface area (Å²) >= 11 is 0. The molecule has 0 bridgehead atoms. The van der Waals surface area contributed by atoms with Crippen molar-refractivity contribution in [3.8, 4) is 0 Å². The summed E-state index contributed by atoms with van der Waals surface area (Å²) in [5.74, 6) is 0. The number of nitrogens with zero attached hydrogens (tertiary/aromatic N) is 1. The highest BCUT2D eigenvalue weighted by Crippen LogP contribution is 2.13. The maximum absolute atomic E-state index is 5.68. The van der Waals surface area contributed by atoms with Crippen LogP contribution < -0.4 is 0 Å². The lowest BCUT2D eigenvalue weighted by molar-refractivity contribution is -0.0520. The lowest BCUT2D eigenvalue weighted by Crippen LogP contribution is -2.46. The second-order valence-corrected chi connectivity index (χ2v) is 4.03. The molecule has 1 aliphatic heterocycles. The van der Waals surface area contributed by atoms with E-state index in [1.165, 1.54) is 6.42 Å². The van der Waals surface area contributed by atoms with Crippen molar-refractivity contribution in [1.82, 2.24) is 4.90 Å². The standard InChI is InChI=1S/C11H23NO2/c1-4-10(2)12-6-8-14-11(9-12)5-7-13-3/h10-11H,4-9H2,1-3H3. The predicted octanol–water partition coefficient (Wildman–Crippen LogP) is 1.52. The molecular weight excluding hydrogens is 178 g/mol. The minimum atomic E-state index is 0.373. The molecule has 0 spiro atoms. The molecule has 1 heterocycles. The summed E-state index contributed by atoms with van der Waals surface area (Å²) in [6.45, 7) is 8.36. The van der Waals surface area contributed by atoms with Crippen LogP contribution in [0.4, 0.5) is 0 Å². The topological polar surface area (TPSA) is 21.7 Å². The van der Waals surface area contributed by atoms with Gasteiger partial charge in [-0.1, -0.05) is 6.92 Å². The first-order valence-electron chi connectivity index (χ1n) is 5.62. The van der Waals surface area contributed by atoms with Gasteiger partial charge in [-0.05, 0) is 19.8 Å². The molecule has 0 amide bonds. The molecule has 14 heavy (non-hydrogen) atoms. The minimum Gasteiger partial charge on any atom is -0.385 e. The van der Waals surface area contributed by atoms with Crippen molar-refractivity contribution in [1.29, 1.82) is 0 Å². The summed E-state index contributed by atoms with van der Waals surface area (Å²) in [6, 6.07) is 0.684. The third-order valence-corrected chi connectivity index (χ3v) is 3.03. The third kappa shape index (κ3) is 3.56. The normalized spacial score (nSPS) is 26.4. The van der Waals surface area contributed by atoms with Gasteiger partial charge in [-0.2, -0.15) is 0 Å². The van der Waals surface area contributed by atoms with Crippen LogP contribution in [-0.2, 0) is 9.47 Å². The maximum atomic E-state index is 5.68. The van der Waals surface area contributed by atoms with Crippen LogP contribution in [0.1, 0.15) is 26.7 Å². The van der Waals surface area contributed by atoms with Crippen molar-refractivity contribution in [3.63, 3.8) is 0 Å². The molecule has 1 saturated heterocycles. The Morgan fingerprint density at radius 3 is 3.00 bits per heavy atom. The lowest BCUT2D eigenvalue weighted by atomic mass is 10.1. The first-order valence-corrected chi connectivity index (χ1v) is 5.62. The zero-order valence-electron chi connectivity index (χ0n) is 9.66. The van der Waals surface area contributed by atoms with Gasteiger partial charge in [0.25, 0.3) is 0 Å². The Balaban J connectivity index is 2.28. The molecule has 84 valence electrons. The van der Waals surface area contributed by atoms with Crippen molar-refractivity contribution >= 4 is 0 Å². The van der Waals surface area contributed by atoms with Crippen LogP contribution in [0.2, 0.25) is 0 Å². The molecule has 0 aromatic rings. The van der Waals surface area contributed by atoms with E-state index >= 15 is 0 Å². The molecule has 2 unspecified atom stereocenters. The fourth-order valence-electron chi connectivity index (χ4n) is 1.82. The third-order valence-electron chi connectivity index (χ3n) is 3.03. The fourth-order valence-corrected chi connectivity index (χ4v) is 1.82. The van der Waals surface area contributed by atoms with E-state index in [2.05, 4.69) is 18.7 Å². The van der Waals surface area contributed by atoms with Crippen molar-refractivity contribution < 1.29 is 9.47 Å².